The molecule has 0 bridgehead atoms. The minimum atomic E-state index is -0.511. The Morgan fingerprint density at radius 3 is 1.42 bits per heavy atom. The van der Waals surface area contributed by atoms with E-state index < -0.39 is 5.41 Å². The fraction of sp³-hybridized carbons (Fsp3) is 0.114. The van der Waals surface area contributed by atoms with Gasteiger partial charge >= 0.3 is 0 Å². The van der Waals surface area contributed by atoms with Crippen molar-refractivity contribution in [1.29, 1.82) is 0 Å². The SMILES string of the molecule is C(=C\c1ccc2c(c1)C(c1ccccc1)(c1ccccc1)c1cc(N3CCCc4ccccc43)ccc1-2)/c1ccc2c(c1)C1(Cc3ccccc3C1)c1cc(N3c4ccccc4Cc4ccccc43)ccc1-2. The van der Waals surface area contributed by atoms with Crippen molar-refractivity contribution < 1.29 is 0 Å². The third-order valence-corrected chi connectivity index (χ3v) is 17.0. The van der Waals surface area contributed by atoms with E-state index in [4.69, 9.17) is 0 Å². The molecule has 0 atom stereocenters. The van der Waals surface area contributed by atoms with E-state index in [9.17, 15) is 0 Å². The molecule has 0 saturated heterocycles. The van der Waals surface area contributed by atoms with Crippen LogP contribution in [0.3, 0.4) is 0 Å². The molecule has 0 N–H and O–H groups in total. The van der Waals surface area contributed by atoms with Gasteiger partial charge < -0.3 is 9.80 Å². The monoisotopic (exact) mass is 920 g/mol. The summed E-state index contributed by atoms with van der Waals surface area (Å²) in [7, 11) is 0. The zero-order valence-corrected chi connectivity index (χ0v) is 40.2. The Balaban J connectivity index is 0.842. The molecular formula is C70H52N2. The van der Waals surface area contributed by atoms with Crippen molar-refractivity contribution in [2.24, 2.45) is 0 Å². The summed E-state index contributed by atoms with van der Waals surface area (Å²) in [5.74, 6) is 0. The first kappa shape index (κ1) is 41.3. The van der Waals surface area contributed by atoms with Crippen molar-refractivity contribution in [2.45, 2.75) is 42.9 Å². The van der Waals surface area contributed by atoms with E-state index >= 15 is 0 Å². The number of hydrogen-bond acceptors (Lipinski definition) is 2. The predicted octanol–water partition coefficient (Wildman–Crippen LogP) is 16.7. The lowest BCUT2D eigenvalue weighted by atomic mass is 9.67. The molecule has 0 aromatic heterocycles. The van der Waals surface area contributed by atoms with Gasteiger partial charge in [0.05, 0.1) is 5.41 Å². The van der Waals surface area contributed by atoms with Gasteiger partial charge in [-0.1, -0.05) is 194 Å². The normalized spacial score (nSPS) is 15.8. The molecule has 2 heterocycles. The number of fused-ring (bicyclic) bond motifs is 12. The third kappa shape index (κ3) is 6.08. The topological polar surface area (TPSA) is 6.48 Å². The summed E-state index contributed by atoms with van der Waals surface area (Å²) in [6.45, 7) is 1.01. The van der Waals surface area contributed by atoms with Crippen LogP contribution >= 0.6 is 0 Å². The number of rotatable bonds is 6. The molecule has 2 nitrogen and oxygen atoms in total. The number of benzene rings is 10. The van der Waals surface area contributed by atoms with E-state index in [0.717, 1.165) is 38.6 Å². The van der Waals surface area contributed by atoms with Gasteiger partial charge in [-0.2, -0.15) is 0 Å². The fourth-order valence-electron chi connectivity index (χ4n) is 13.9. The van der Waals surface area contributed by atoms with Gasteiger partial charge in [-0.15, -0.1) is 0 Å². The van der Waals surface area contributed by atoms with Crippen LogP contribution in [0.2, 0.25) is 0 Å². The van der Waals surface area contributed by atoms with Gasteiger partial charge in [0, 0.05) is 46.8 Å². The van der Waals surface area contributed by atoms with Crippen LogP contribution in [-0.2, 0) is 36.5 Å². The van der Waals surface area contributed by atoms with Crippen LogP contribution in [0.1, 0.15) is 78.7 Å². The maximum Gasteiger partial charge on any atom is 0.0714 e. The fourth-order valence-corrected chi connectivity index (χ4v) is 13.9. The Labute approximate surface area is 422 Å². The molecule has 342 valence electrons. The number of anilines is 5. The molecule has 0 fully saturated rings. The van der Waals surface area contributed by atoms with E-state index in [2.05, 4.69) is 252 Å². The van der Waals surface area contributed by atoms with Crippen molar-refractivity contribution in [1.82, 2.24) is 0 Å². The maximum absolute atomic E-state index is 2.55. The average Bonchev–Trinajstić information content (AvgIpc) is 4.07. The summed E-state index contributed by atoms with van der Waals surface area (Å²) in [4.78, 5) is 5.06. The average molecular weight is 921 g/mol. The van der Waals surface area contributed by atoms with Gasteiger partial charge in [-0.25, -0.2) is 0 Å². The number of aryl methyl sites for hydroxylation is 1. The van der Waals surface area contributed by atoms with Crippen LogP contribution in [0.25, 0.3) is 34.4 Å². The van der Waals surface area contributed by atoms with Crippen molar-refractivity contribution in [3.8, 4) is 22.3 Å². The molecule has 0 amide bonds. The molecule has 2 aliphatic heterocycles. The van der Waals surface area contributed by atoms with Crippen molar-refractivity contribution in [3.63, 3.8) is 0 Å². The third-order valence-electron chi connectivity index (χ3n) is 17.0. The summed E-state index contributed by atoms with van der Waals surface area (Å²) in [6, 6.07) is 87.6. The Kier molecular flexibility index (Phi) is 9.20. The molecule has 0 saturated carbocycles. The second kappa shape index (κ2) is 16.0. The van der Waals surface area contributed by atoms with E-state index in [-0.39, 0.29) is 5.41 Å². The van der Waals surface area contributed by atoms with Gasteiger partial charge in [-0.3, -0.25) is 0 Å². The van der Waals surface area contributed by atoms with Crippen molar-refractivity contribution in [2.75, 3.05) is 16.3 Å². The number of para-hydroxylation sites is 3. The molecule has 5 aliphatic rings. The lowest BCUT2D eigenvalue weighted by molar-refractivity contribution is 0.563. The van der Waals surface area contributed by atoms with E-state index in [1.165, 1.54) is 123 Å². The largest absolute Gasteiger partial charge is 0.341 e. The van der Waals surface area contributed by atoms with E-state index in [1.807, 2.05) is 0 Å². The van der Waals surface area contributed by atoms with E-state index in [1.54, 1.807) is 0 Å². The van der Waals surface area contributed by atoms with Gasteiger partial charge in [0.2, 0.25) is 0 Å². The summed E-state index contributed by atoms with van der Waals surface area (Å²) in [5.41, 5.74) is 28.6. The molecule has 2 heteroatoms. The first-order valence-corrected chi connectivity index (χ1v) is 25.9. The van der Waals surface area contributed by atoms with Gasteiger partial charge in [0.25, 0.3) is 0 Å². The Hall–Kier alpha value is -8.46. The molecule has 72 heavy (non-hydrogen) atoms. The van der Waals surface area contributed by atoms with Crippen LogP contribution in [0.4, 0.5) is 28.4 Å². The standard InChI is InChI=1S/C70H52N2/c1-3-22-54(23-4-1)70(55-24-5-2-6-25-55)64-41-48(32-36-60(64)61-37-33-56(43-65(61)70)71-39-15-21-49-16-9-12-26-66(49)71)30-29-47-31-35-58-59-38-34-57(72-67-27-13-10-17-50(67)42-51-18-11-14-28-68(51)72)44-63(59)69(62(58)40-47)45-52-19-7-8-20-53(52)46-69/h1-14,16-20,22-38,40-41,43-44H,15,21,39,42,45-46H2/b30-29+. The lowest BCUT2D eigenvalue weighted by Gasteiger charge is -2.36. The molecule has 1 spiro atoms. The van der Waals surface area contributed by atoms with Crippen LogP contribution < -0.4 is 9.80 Å². The highest BCUT2D eigenvalue weighted by Crippen LogP contribution is 2.59. The molecule has 10 aromatic carbocycles. The highest BCUT2D eigenvalue weighted by molar-refractivity contribution is 5.92. The first-order chi connectivity index (χ1) is 35.6. The second-order valence-corrected chi connectivity index (χ2v) is 20.7. The zero-order valence-electron chi connectivity index (χ0n) is 40.2. The van der Waals surface area contributed by atoms with Gasteiger partial charge in [-0.05, 0) is 169 Å². The second-order valence-electron chi connectivity index (χ2n) is 20.7. The van der Waals surface area contributed by atoms with Crippen molar-refractivity contribution >= 4 is 40.6 Å². The van der Waals surface area contributed by atoms with E-state index in [0.29, 0.717) is 0 Å². The Morgan fingerprint density at radius 1 is 0.361 bits per heavy atom. The van der Waals surface area contributed by atoms with Crippen LogP contribution in [0.15, 0.2) is 231 Å². The predicted molar refractivity (Wildman–Crippen MR) is 298 cm³/mol. The molecule has 0 radical (unpaired) electrons. The quantitative estimate of drug-likeness (QED) is 0.153. The van der Waals surface area contributed by atoms with Crippen LogP contribution in [0.5, 0.6) is 0 Å². The number of nitrogens with zero attached hydrogens (tertiary/aromatic N) is 2. The minimum Gasteiger partial charge on any atom is -0.341 e. The molecular weight excluding hydrogens is 869 g/mol. The highest BCUT2D eigenvalue weighted by Gasteiger charge is 2.49. The molecule has 0 unspecified atom stereocenters. The Morgan fingerprint density at radius 2 is 0.806 bits per heavy atom. The van der Waals surface area contributed by atoms with Gasteiger partial charge in [0.15, 0.2) is 0 Å². The summed E-state index contributed by atoms with van der Waals surface area (Å²) in [6.07, 6.45) is 9.90. The van der Waals surface area contributed by atoms with Crippen molar-refractivity contribution in [3.05, 3.63) is 303 Å². The first-order valence-electron chi connectivity index (χ1n) is 25.9. The molecule has 3 aliphatic carbocycles. The van der Waals surface area contributed by atoms with Crippen LogP contribution in [0, 0.1) is 0 Å². The summed E-state index contributed by atoms with van der Waals surface area (Å²) >= 11 is 0. The lowest BCUT2D eigenvalue weighted by Crippen LogP contribution is -2.29. The minimum absolute atomic E-state index is 0.164. The van der Waals surface area contributed by atoms with Gasteiger partial charge in [0.1, 0.15) is 0 Å². The number of hydrogen-bond donors (Lipinski definition) is 0. The molecule has 15 rings (SSSR count). The Bertz CT molecular complexity index is 3730. The smallest absolute Gasteiger partial charge is 0.0714 e. The molecule has 10 aromatic rings. The summed E-state index contributed by atoms with van der Waals surface area (Å²) < 4.78 is 0. The summed E-state index contributed by atoms with van der Waals surface area (Å²) in [5, 5.41) is 0. The zero-order chi connectivity index (χ0) is 47.4. The maximum atomic E-state index is 2.55. The van der Waals surface area contributed by atoms with Crippen LogP contribution in [-0.4, -0.2) is 6.54 Å². The highest BCUT2D eigenvalue weighted by atomic mass is 15.2.